The number of esters is 3. The third kappa shape index (κ3) is 6.80. The van der Waals surface area contributed by atoms with Gasteiger partial charge in [-0.2, -0.15) is 0 Å². The molecule has 11 nitrogen and oxygen atoms in total. The second kappa shape index (κ2) is 12.7. The summed E-state index contributed by atoms with van der Waals surface area (Å²) in [6, 6.07) is 0. The van der Waals surface area contributed by atoms with Crippen molar-refractivity contribution in [3.05, 3.63) is 18.3 Å². The lowest BCUT2D eigenvalue weighted by Gasteiger charge is -2.23. The van der Waals surface area contributed by atoms with Crippen LogP contribution in [0.1, 0.15) is 65.3 Å². The predicted octanol–water partition coefficient (Wildman–Crippen LogP) is 2.09. The topological polar surface area (TPSA) is 132 Å². The third-order valence-corrected chi connectivity index (χ3v) is 5.21. The van der Waals surface area contributed by atoms with E-state index in [0.717, 1.165) is 25.7 Å². The lowest BCUT2D eigenvalue weighted by Crippen LogP contribution is -2.40. The van der Waals surface area contributed by atoms with Crippen molar-refractivity contribution in [2.45, 2.75) is 77.9 Å². The van der Waals surface area contributed by atoms with Crippen LogP contribution in [0.15, 0.2) is 12.7 Å². The molecule has 11 heteroatoms. The van der Waals surface area contributed by atoms with Crippen molar-refractivity contribution in [3.63, 3.8) is 0 Å². The van der Waals surface area contributed by atoms with E-state index >= 15 is 0 Å². The van der Waals surface area contributed by atoms with E-state index in [1.807, 2.05) is 0 Å². The highest BCUT2D eigenvalue weighted by Gasteiger charge is 2.51. The first-order chi connectivity index (χ1) is 17.3. The molecular weight excluding hydrogens is 468 g/mol. The highest BCUT2D eigenvalue weighted by atomic mass is 16.7. The highest BCUT2D eigenvalue weighted by molar-refractivity contribution is 5.76. The van der Waals surface area contributed by atoms with Crippen LogP contribution >= 0.6 is 0 Å². The molecule has 0 aromatic carbocycles. The van der Waals surface area contributed by atoms with Gasteiger partial charge < -0.3 is 18.9 Å². The van der Waals surface area contributed by atoms with E-state index in [-0.39, 0.29) is 6.61 Å². The van der Waals surface area contributed by atoms with E-state index in [0.29, 0.717) is 16.9 Å². The summed E-state index contributed by atoms with van der Waals surface area (Å²) in [5.41, 5.74) is 1.13. The molecule has 0 unspecified atom stereocenters. The summed E-state index contributed by atoms with van der Waals surface area (Å²) in [4.78, 5) is 47.9. The molecule has 0 bridgehead atoms. The molecule has 0 aliphatic carbocycles. The number of aromatic nitrogens is 4. The van der Waals surface area contributed by atoms with Gasteiger partial charge in [0.05, 0.1) is 6.33 Å². The van der Waals surface area contributed by atoms with E-state index in [1.165, 1.54) is 38.0 Å². The fourth-order valence-electron chi connectivity index (χ4n) is 3.71. The first kappa shape index (κ1) is 26.6. The summed E-state index contributed by atoms with van der Waals surface area (Å²) >= 11 is 0. The lowest BCUT2D eigenvalue weighted by atomic mass is 10.1. The van der Waals surface area contributed by atoms with Gasteiger partial charge in [0.2, 0.25) is 0 Å². The van der Waals surface area contributed by atoms with Gasteiger partial charge in [-0.15, -0.1) is 0 Å². The Morgan fingerprint density at radius 3 is 2.44 bits per heavy atom. The Hall–Kier alpha value is -3.96. The Labute approximate surface area is 208 Å². The Morgan fingerprint density at radius 2 is 1.75 bits per heavy atom. The minimum atomic E-state index is -1.05. The Balaban J connectivity index is 1.93. The molecule has 3 rings (SSSR count). The maximum atomic E-state index is 11.9. The molecule has 190 valence electrons. The average molecular weight is 497 g/mol. The van der Waals surface area contributed by atoms with E-state index in [9.17, 15) is 14.4 Å². The van der Waals surface area contributed by atoms with E-state index < -0.39 is 42.4 Å². The summed E-state index contributed by atoms with van der Waals surface area (Å²) in [6.45, 7) is 5.62. The molecule has 4 atom stereocenters. The van der Waals surface area contributed by atoms with Gasteiger partial charge in [-0.1, -0.05) is 25.7 Å². The van der Waals surface area contributed by atoms with E-state index in [1.54, 1.807) is 0 Å². The van der Waals surface area contributed by atoms with Gasteiger partial charge in [-0.05, 0) is 24.2 Å². The number of carbonyl (C=O) groups excluding carboxylic acids is 3. The van der Waals surface area contributed by atoms with Crippen molar-refractivity contribution in [2.24, 2.45) is 0 Å². The molecule has 3 heterocycles. The summed E-state index contributed by atoms with van der Waals surface area (Å²) in [6.07, 6.45) is 2.89. The van der Waals surface area contributed by atoms with Crippen LogP contribution in [0.2, 0.25) is 0 Å². The van der Waals surface area contributed by atoms with Crippen LogP contribution in [0.4, 0.5) is 0 Å². The summed E-state index contributed by atoms with van der Waals surface area (Å²) in [7, 11) is 0. The number of ether oxygens (including phenoxy) is 4. The fourth-order valence-corrected chi connectivity index (χ4v) is 3.71. The van der Waals surface area contributed by atoms with Crippen LogP contribution < -0.4 is 0 Å². The van der Waals surface area contributed by atoms with Gasteiger partial charge in [-0.25, -0.2) is 15.0 Å². The maximum absolute atomic E-state index is 11.9. The van der Waals surface area contributed by atoms with Crippen molar-refractivity contribution in [1.82, 2.24) is 19.5 Å². The van der Waals surface area contributed by atoms with Crippen molar-refractivity contribution < 1.29 is 33.3 Å². The molecule has 0 amide bonds. The number of unbranched alkanes of at least 4 members (excludes halogenated alkanes) is 3. The van der Waals surface area contributed by atoms with Crippen LogP contribution in [-0.4, -0.2) is 62.3 Å². The van der Waals surface area contributed by atoms with Crippen LogP contribution in [0.3, 0.4) is 0 Å². The van der Waals surface area contributed by atoms with Crippen LogP contribution in [0.25, 0.3) is 11.2 Å². The SMILES string of the molecule is CCCCCC#CC#Cc1ncnc2c1ncn2[C@@H]1O[C@H](COC(C)=O)[C@@H](OC(C)=O)[C@H]1OC(C)=O. The average Bonchev–Trinajstić information content (AvgIpc) is 3.38. The van der Waals surface area contributed by atoms with Gasteiger partial charge in [-0.3, -0.25) is 19.0 Å². The molecule has 36 heavy (non-hydrogen) atoms. The van der Waals surface area contributed by atoms with Crippen LogP contribution in [-0.2, 0) is 33.3 Å². The fraction of sp³-hybridized carbons (Fsp3) is 0.520. The zero-order valence-corrected chi connectivity index (χ0v) is 20.6. The normalized spacial score (nSPS) is 20.6. The first-order valence-electron chi connectivity index (χ1n) is 11.6. The van der Waals surface area contributed by atoms with Crippen LogP contribution in [0.5, 0.6) is 0 Å². The molecule has 1 saturated heterocycles. The monoisotopic (exact) mass is 496 g/mol. The number of rotatable bonds is 8. The van der Waals surface area contributed by atoms with Crippen molar-refractivity contribution in [1.29, 1.82) is 0 Å². The number of nitrogens with zero attached hydrogens (tertiary/aromatic N) is 4. The number of imidazole rings is 1. The molecule has 2 aromatic heterocycles. The van der Waals surface area contributed by atoms with Gasteiger partial charge in [0.1, 0.15) is 30.2 Å². The standard InChI is InChI=1S/C25H28N4O7/c1-5-6-7-8-9-10-11-12-19-21-24(27-14-26-19)29(15-28-21)25-23(35-18(4)32)22(34-17(3)31)20(36-25)13-33-16(2)30/h14-15,20,22-23,25H,5-8,13H2,1-4H3/t20-,22-,23-,25-/m1/s1. The van der Waals surface area contributed by atoms with Gasteiger partial charge >= 0.3 is 17.9 Å². The second-order valence-corrected chi connectivity index (χ2v) is 8.07. The Morgan fingerprint density at radius 1 is 1.00 bits per heavy atom. The molecule has 0 spiro atoms. The minimum absolute atomic E-state index is 0.211. The zero-order chi connectivity index (χ0) is 26.1. The van der Waals surface area contributed by atoms with Gasteiger partial charge in [0, 0.05) is 27.2 Å². The summed E-state index contributed by atoms with van der Waals surface area (Å²) in [5.74, 6) is 9.77. The molecule has 0 radical (unpaired) electrons. The molecule has 1 aliphatic heterocycles. The van der Waals surface area contributed by atoms with Crippen LogP contribution in [0, 0.1) is 23.7 Å². The smallest absolute Gasteiger partial charge is 0.303 e. The number of hydrogen-bond acceptors (Lipinski definition) is 10. The predicted molar refractivity (Wildman–Crippen MR) is 126 cm³/mol. The molecule has 1 aliphatic rings. The molecule has 1 fully saturated rings. The van der Waals surface area contributed by atoms with E-state index in [2.05, 4.69) is 45.6 Å². The van der Waals surface area contributed by atoms with E-state index in [4.69, 9.17) is 18.9 Å². The molecule has 2 aromatic rings. The minimum Gasteiger partial charge on any atom is -0.463 e. The molecule has 0 N–H and O–H groups in total. The Kier molecular flexibility index (Phi) is 9.37. The van der Waals surface area contributed by atoms with Crippen molar-refractivity contribution in [2.75, 3.05) is 6.61 Å². The first-order valence-corrected chi connectivity index (χ1v) is 11.6. The van der Waals surface area contributed by atoms with Gasteiger partial charge in [0.15, 0.2) is 24.1 Å². The lowest BCUT2D eigenvalue weighted by molar-refractivity contribution is -0.166. The zero-order valence-electron chi connectivity index (χ0n) is 20.6. The molecule has 0 saturated carbocycles. The molecular formula is C25H28N4O7. The maximum Gasteiger partial charge on any atom is 0.303 e. The Bertz CT molecular complexity index is 1230. The largest absolute Gasteiger partial charge is 0.463 e. The second-order valence-electron chi connectivity index (χ2n) is 8.07. The summed E-state index contributed by atoms with van der Waals surface area (Å²) in [5, 5.41) is 0. The quantitative estimate of drug-likeness (QED) is 0.232. The number of hydrogen-bond donors (Lipinski definition) is 0. The van der Waals surface area contributed by atoms with Crippen molar-refractivity contribution in [3.8, 4) is 23.7 Å². The number of fused-ring (bicyclic) bond motifs is 1. The third-order valence-electron chi connectivity index (χ3n) is 5.21. The van der Waals surface area contributed by atoms with Crippen molar-refractivity contribution >= 4 is 29.1 Å². The summed E-state index contributed by atoms with van der Waals surface area (Å²) < 4.78 is 23.5. The van der Waals surface area contributed by atoms with Gasteiger partial charge in [0.25, 0.3) is 0 Å². The highest BCUT2D eigenvalue weighted by Crippen LogP contribution is 2.36. The number of carbonyl (C=O) groups is 3.